The van der Waals surface area contributed by atoms with E-state index in [1.807, 2.05) is 0 Å². The minimum Gasteiger partial charge on any atom is -0.329 e. The predicted octanol–water partition coefficient (Wildman–Crippen LogP) is 2.19. The molecule has 3 atom stereocenters. The third kappa shape index (κ3) is 2.69. The maximum absolute atomic E-state index is 6.02. The van der Waals surface area contributed by atoms with Gasteiger partial charge in [0.25, 0.3) is 0 Å². The molecule has 0 aliphatic carbocycles. The van der Waals surface area contributed by atoms with Crippen LogP contribution in [0.15, 0.2) is 0 Å². The van der Waals surface area contributed by atoms with Gasteiger partial charge in [0.05, 0.1) is 0 Å². The number of rotatable bonds is 5. The zero-order valence-corrected chi connectivity index (χ0v) is 11.4. The molecule has 0 aromatic carbocycles. The van der Waals surface area contributed by atoms with Crippen LogP contribution in [0.2, 0.25) is 0 Å². The normalized spacial score (nSPS) is 33.6. The second-order valence-corrected chi connectivity index (χ2v) is 6.41. The molecule has 2 N–H and O–H groups in total. The van der Waals surface area contributed by atoms with Crippen molar-refractivity contribution in [2.24, 2.45) is 11.7 Å². The molecule has 0 radical (unpaired) electrons. The van der Waals surface area contributed by atoms with Gasteiger partial charge in [0.2, 0.25) is 0 Å². The van der Waals surface area contributed by atoms with Gasteiger partial charge in [-0.25, -0.2) is 0 Å². The van der Waals surface area contributed by atoms with Crippen LogP contribution in [-0.4, -0.2) is 41.6 Å². The van der Waals surface area contributed by atoms with Crippen LogP contribution in [-0.2, 0) is 0 Å². The van der Waals surface area contributed by atoms with E-state index in [4.69, 9.17) is 5.73 Å². The molecule has 2 nitrogen and oxygen atoms in total. The Bertz CT molecular complexity index is 198. The third-order valence-electron chi connectivity index (χ3n) is 4.06. The van der Waals surface area contributed by atoms with Gasteiger partial charge in [-0.05, 0) is 25.1 Å². The molecule has 1 aliphatic rings. The van der Waals surface area contributed by atoms with Gasteiger partial charge in [0, 0.05) is 23.9 Å². The third-order valence-corrected chi connectivity index (χ3v) is 5.43. The quantitative estimate of drug-likeness (QED) is 0.785. The number of likely N-dealkylation sites (N-methyl/N-ethyl adjacent to an activating group) is 1. The van der Waals surface area contributed by atoms with Crippen LogP contribution in [0.4, 0.5) is 0 Å². The van der Waals surface area contributed by atoms with E-state index in [0.29, 0.717) is 5.25 Å². The molecule has 15 heavy (non-hydrogen) atoms. The summed E-state index contributed by atoms with van der Waals surface area (Å²) in [5, 5.41) is 0.677. The van der Waals surface area contributed by atoms with E-state index in [1.54, 1.807) is 0 Å². The molecule has 1 rings (SSSR count). The van der Waals surface area contributed by atoms with Crippen LogP contribution >= 0.6 is 11.8 Å². The average molecular weight is 230 g/mol. The number of hydrogen-bond donors (Lipinski definition) is 1. The number of hydrogen-bond acceptors (Lipinski definition) is 3. The maximum Gasteiger partial charge on any atom is 0.0452 e. The summed E-state index contributed by atoms with van der Waals surface area (Å²) in [4.78, 5) is 2.52. The van der Waals surface area contributed by atoms with E-state index in [9.17, 15) is 0 Å². The van der Waals surface area contributed by atoms with Gasteiger partial charge >= 0.3 is 0 Å². The zero-order chi connectivity index (χ0) is 11.5. The highest BCUT2D eigenvalue weighted by Gasteiger charge is 2.43. The number of thioether (sulfide) groups is 1. The smallest absolute Gasteiger partial charge is 0.0452 e. The van der Waals surface area contributed by atoms with E-state index in [2.05, 4.69) is 44.5 Å². The topological polar surface area (TPSA) is 29.3 Å². The predicted molar refractivity (Wildman–Crippen MR) is 70.4 cm³/mol. The highest BCUT2D eigenvalue weighted by molar-refractivity contribution is 8.00. The average Bonchev–Trinajstić information content (AvgIpc) is 2.60. The Balaban J connectivity index is 2.64. The lowest BCUT2D eigenvalue weighted by molar-refractivity contribution is 0.111. The Morgan fingerprint density at radius 1 is 1.60 bits per heavy atom. The van der Waals surface area contributed by atoms with E-state index in [0.717, 1.165) is 12.5 Å². The Hall–Kier alpha value is 0.270. The maximum atomic E-state index is 6.02. The van der Waals surface area contributed by atoms with Crippen molar-refractivity contribution in [1.29, 1.82) is 0 Å². The van der Waals surface area contributed by atoms with Crippen molar-refractivity contribution in [1.82, 2.24) is 4.90 Å². The molecule has 1 fully saturated rings. The monoisotopic (exact) mass is 230 g/mol. The second-order valence-electron chi connectivity index (χ2n) is 4.96. The van der Waals surface area contributed by atoms with Crippen LogP contribution in [0.25, 0.3) is 0 Å². The van der Waals surface area contributed by atoms with Crippen LogP contribution < -0.4 is 5.73 Å². The summed E-state index contributed by atoms with van der Waals surface area (Å²) >= 11 is 2.07. The molecule has 90 valence electrons. The van der Waals surface area contributed by atoms with E-state index < -0.39 is 0 Å². The van der Waals surface area contributed by atoms with Crippen molar-refractivity contribution in [3.63, 3.8) is 0 Å². The summed E-state index contributed by atoms with van der Waals surface area (Å²) < 4.78 is 0. The highest BCUT2D eigenvalue weighted by Crippen LogP contribution is 2.39. The molecule has 1 heterocycles. The molecule has 0 amide bonds. The van der Waals surface area contributed by atoms with Gasteiger partial charge in [-0.15, -0.1) is 0 Å². The van der Waals surface area contributed by atoms with Gasteiger partial charge in [0.15, 0.2) is 0 Å². The fourth-order valence-corrected chi connectivity index (χ4v) is 4.00. The molecule has 0 aromatic rings. The number of nitrogens with two attached hydrogens (primary N) is 1. The van der Waals surface area contributed by atoms with Crippen LogP contribution in [0.5, 0.6) is 0 Å². The first kappa shape index (κ1) is 13.3. The summed E-state index contributed by atoms with van der Waals surface area (Å²) in [6, 6.07) is 0. The Morgan fingerprint density at radius 2 is 2.27 bits per heavy atom. The fourth-order valence-electron chi connectivity index (χ4n) is 2.47. The molecule has 3 heteroatoms. The molecule has 0 aromatic heterocycles. The summed E-state index contributed by atoms with van der Waals surface area (Å²) in [5.41, 5.74) is 6.28. The van der Waals surface area contributed by atoms with E-state index in [1.165, 1.54) is 25.1 Å². The molecule has 0 saturated carbocycles. The van der Waals surface area contributed by atoms with Crippen molar-refractivity contribution in [2.75, 3.05) is 25.9 Å². The Morgan fingerprint density at radius 3 is 2.67 bits per heavy atom. The first-order valence-corrected chi connectivity index (χ1v) is 7.14. The van der Waals surface area contributed by atoms with Gasteiger partial charge in [-0.2, -0.15) is 11.8 Å². The zero-order valence-electron chi connectivity index (χ0n) is 10.6. The molecular formula is C12H26N2S. The second kappa shape index (κ2) is 5.55. The van der Waals surface area contributed by atoms with E-state index >= 15 is 0 Å². The van der Waals surface area contributed by atoms with Gasteiger partial charge in [0.1, 0.15) is 0 Å². The minimum atomic E-state index is 0.258. The summed E-state index contributed by atoms with van der Waals surface area (Å²) in [7, 11) is 2.25. The minimum absolute atomic E-state index is 0.258. The number of nitrogens with zero attached hydrogens (tertiary/aromatic N) is 1. The van der Waals surface area contributed by atoms with Crippen LogP contribution in [0.1, 0.15) is 33.6 Å². The first-order valence-electron chi connectivity index (χ1n) is 6.09. The van der Waals surface area contributed by atoms with Crippen LogP contribution in [0.3, 0.4) is 0 Å². The standard InChI is InChI=1S/C12H26N2S/c1-5-10(2)8-14(4)12(9-13)6-7-15-11(12)3/h10-11H,5-9,13H2,1-4H3. The van der Waals surface area contributed by atoms with Crippen molar-refractivity contribution < 1.29 is 0 Å². The fraction of sp³-hybridized carbons (Fsp3) is 1.00. The largest absolute Gasteiger partial charge is 0.329 e. The van der Waals surface area contributed by atoms with Crippen molar-refractivity contribution >= 4 is 11.8 Å². The highest BCUT2D eigenvalue weighted by atomic mass is 32.2. The summed E-state index contributed by atoms with van der Waals surface area (Å²) in [6.45, 7) is 8.90. The molecule has 1 aliphatic heterocycles. The summed E-state index contributed by atoms with van der Waals surface area (Å²) in [5.74, 6) is 2.04. The van der Waals surface area contributed by atoms with Gasteiger partial charge in [-0.3, -0.25) is 4.90 Å². The lowest BCUT2D eigenvalue weighted by Crippen LogP contribution is -2.56. The lowest BCUT2D eigenvalue weighted by Gasteiger charge is -2.42. The molecule has 0 bridgehead atoms. The Kier molecular flexibility index (Phi) is 4.94. The molecule has 0 spiro atoms. The molecule has 3 unspecified atom stereocenters. The van der Waals surface area contributed by atoms with Gasteiger partial charge < -0.3 is 5.73 Å². The molecule has 1 saturated heterocycles. The molecular weight excluding hydrogens is 204 g/mol. The van der Waals surface area contributed by atoms with Crippen molar-refractivity contribution in [3.8, 4) is 0 Å². The van der Waals surface area contributed by atoms with Gasteiger partial charge in [-0.1, -0.05) is 27.2 Å². The van der Waals surface area contributed by atoms with E-state index in [-0.39, 0.29) is 5.54 Å². The summed E-state index contributed by atoms with van der Waals surface area (Å²) in [6.07, 6.45) is 2.51. The SMILES string of the molecule is CCC(C)CN(C)C1(CN)CCSC1C. The van der Waals surface area contributed by atoms with Crippen molar-refractivity contribution in [2.45, 2.75) is 44.4 Å². The van der Waals surface area contributed by atoms with Crippen molar-refractivity contribution in [3.05, 3.63) is 0 Å². The van der Waals surface area contributed by atoms with Crippen LogP contribution in [0, 0.1) is 5.92 Å². The first-order chi connectivity index (χ1) is 7.06. The Labute approximate surface area is 99.0 Å². The lowest BCUT2D eigenvalue weighted by atomic mass is 9.90.